The predicted molar refractivity (Wildman–Crippen MR) is 281 cm³/mol. The summed E-state index contributed by atoms with van der Waals surface area (Å²) in [5, 5.41) is 31.1. The van der Waals surface area contributed by atoms with Crippen LogP contribution in [-0.2, 0) is 46.3 Å². The topological polar surface area (TPSA) is 286 Å². The number of nitrogens with zero attached hydrogens (tertiary/aromatic N) is 2. The number of esters is 2. The number of hydrogen-bond donors (Lipinski definition) is 6. The average Bonchev–Trinajstić information content (AvgIpc) is 3.62. The lowest BCUT2D eigenvalue weighted by Crippen LogP contribution is -2.36. The van der Waals surface area contributed by atoms with Crippen molar-refractivity contribution in [2.75, 3.05) is 25.6 Å². The highest BCUT2D eigenvalue weighted by Crippen LogP contribution is 2.60. The van der Waals surface area contributed by atoms with Gasteiger partial charge in [0.2, 0.25) is 0 Å². The van der Waals surface area contributed by atoms with Gasteiger partial charge in [0, 0.05) is 19.0 Å². The number of phosphoric ester groups is 2. The molecule has 3 unspecified atom stereocenters. The molecule has 1 aromatic rings. The minimum absolute atomic E-state index is 0.0217. The number of nitrogen functional groups attached to an aromatic ring is 1. The van der Waals surface area contributed by atoms with Crippen LogP contribution in [0.15, 0.2) is 102 Å². The molecule has 0 saturated carbocycles. The van der Waals surface area contributed by atoms with Crippen LogP contribution >= 0.6 is 15.6 Å². The molecule has 0 aromatic carbocycles. The summed E-state index contributed by atoms with van der Waals surface area (Å²) in [5.41, 5.74) is 4.57. The molecule has 73 heavy (non-hydrogen) atoms. The molecule has 2 heterocycles. The molecule has 0 amide bonds. The minimum Gasteiger partial charge on any atom is -0.462 e. The quantitative estimate of drug-likeness (QED) is 0.0117. The molecule has 1 aliphatic heterocycles. The van der Waals surface area contributed by atoms with Crippen LogP contribution in [0.4, 0.5) is 5.82 Å². The highest BCUT2D eigenvalue weighted by atomic mass is 31.3. The fraction of sp³-hybridized carbons (Fsp3) is 0.615. The number of nitrogens with two attached hydrogens (primary N) is 1. The molecule has 1 aromatic heterocycles. The lowest BCUT2D eigenvalue weighted by atomic mass is 10.1. The molecule has 0 aliphatic carbocycles. The van der Waals surface area contributed by atoms with Gasteiger partial charge in [0.15, 0.2) is 12.3 Å². The monoisotopic (exact) mass is 1070 g/mol. The van der Waals surface area contributed by atoms with Crippen LogP contribution in [0.2, 0.25) is 0 Å². The fourth-order valence-electron chi connectivity index (χ4n) is 6.99. The van der Waals surface area contributed by atoms with Crippen molar-refractivity contribution in [3.63, 3.8) is 0 Å². The summed E-state index contributed by atoms with van der Waals surface area (Å²) in [6.45, 7) is 1.92. The third-order valence-corrected chi connectivity index (χ3v) is 13.6. The number of phosphoric acid groups is 2. The van der Waals surface area contributed by atoms with Crippen LogP contribution in [0.25, 0.3) is 0 Å². The van der Waals surface area contributed by atoms with Crippen molar-refractivity contribution in [2.24, 2.45) is 0 Å². The van der Waals surface area contributed by atoms with E-state index < -0.39 is 89.8 Å². The van der Waals surface area contributed by atoms with Gasteiger partial charge in [-0.05, 0) is 83.1 Å². The zero-order valence-corrected chi connectivity index (χ0v) is 44.6. The van der Waals surface area contributed by atoms with Gasteiger partial charge >= 0.3 is 33.3 Å². The van der Waals surface area contributed by atoms with Gasteiger partial charge in [0.05, 0.1) is 19.3 Å². The molecule has 0 bridgehead atoms. The standard InChI is InChI=1S/C52H83N3O16P2/c1-3-5-7-9-11-13-14-15-16-17-18-19-20-22-24-28-32-36-47(57)66-40-44(69-48(58)37-33-29-25-27-31-35-43(56)34-30-26-23-21-12-10-8-6-4-2)41-67-72(62,63)71-73(64,65)68-42-45-49(59)50(60)51(70-45)55-39-38-46(53)54-52(55)61/h12,15-16,18-19,21-22,24-27,30-31,35,38-39,43-45,49-51,56,59-60H,3-11,13-14,17,20,23,28-29,32-34,36-37,40-42H2,1-2H3,(H,62,63)(H,64,65)(H2,53,54,61)/b16-15-,19-18-,21-12-,24-22-,27-25+,30-26-,35-31-/t43?,44-,45-,49-,50-,51-/m1/s1. The SMILES string of the molecule is CCCCC/C=C\C/C=C\CC(O)/C=C\C=C\CCCC(=O)O[C@H](COC(=O)CCC/C=C\C/C=C\C/C=C\CCCCCCCC)COP(=O)(O)OP(=O)(O)OC[C@H]1O[C@@H](n2ccc(N)nc2=O)[C@H](O)[C@@H]1O. The van der Waals surface area contributed by atoms with E-state index in [0.29, 0.717) is 32.1 Å². The maximum Gasteiger partial charge on any atom is 0.481 e. The third-order valence-electron chi connectivity index (χ3n) is 11.0. The smallest absolute Gasteiger partial charge is 0.462 e. The van der Waals surface area contributed by atoms with Crippen LogP contribution in [0, 0.1) is 0 Å². The Balaban J connectivity index is 1.88. The van der Waals surface area contributed by atoms with Gasteiger partial charge in [-0.3, -0.25) is 23.2 Å². The summed E-state index contributed by atoms with van der Waals surface area (Å²) >= 11 is 0. The average molecular weight is 1070 g/mol. The van der Waals surface area contributed by atoms with Crippen molar-refractivity contribution >= 4 is 33.4 Å². The second-order valence-electron chi connectivity index (χ2n) is 17.5. The van der Waals surface area contributed by atoms with E-state index in [-0.39, 0.29) is 18.7 Å². The Hall–Kier alpha value is -4.10. The third kappa shape index (κ3) is 32.1. The number of aliphatic hydroxyl groups is 3. The first kappa shape index (κ1) is 65.0. The summed E-state index contributed by atoms with van der Waals surface area (Å²) in [5.74, 6) is -1.51. The van der Waals surface area contributed by atoms with Crippen molar-refractivity contribution in [1.29, 1.82) is 0 Å². The number of rotatable bonds is 41. The number of carbonyl (C=O) groups excluding carboxylic acids is 2. The second kappa shape index (κ2) is 39.3. The van der Waals surface area contributed by atoms with E-state index in [2.05, 4.69) is 59.6 Å². The number of carbonyl (C=O) groups is 2. The minimum atomic E-state index is -5.47. The van der Waals surface area contributed by atoms with Gasteiger partial charge < -0.3 is 45.1 Å². The van der Waals surface area contributed by atoms with Crippen LogP contribution in [0.1, 0.15) is 155 Å². The van der Waals surface area contributed by atoms with E-state index in [9.17, 15) is 48.6 Å². The van der Waals surface area contributed by atoms with E-state index in [1.807, 2.05) is 24.3 Å². The molecule has 1 fully saturated rings. The van der Waals surface area contributed by atoms with Gasteiger partial charge in [0.25, 0.3) is 0 Å². The molecule has 21 heteroatoms. The van der Waals surface area contributed by atoms with Crippen LogP contribution in [0.5, 0.6) is 0 Å². The summed E-state index contributed by atoms with van der Waals surface area (Å²) < 4.78 is 56.6. The predicted octanol–water partition coefficient (Wildman–Crippen LogP) is 9.64. The van der Waals surface area contributed by atoms with Crippen molar-refractivity contribution in [3.8, 4) is 0 Å². The van der Waals surface area contributed by atoms with E-state index in [0.717, 1.165) is 42.9 Å². The second-order valence-corrected chi connectivity index (χ2v) is 20.6. The summed E-state index contributed by atoms with van der Waals surface area (Å²) in [4.78, 5) is 61.9. The Morgan fingerprint density at radius 1 is 0.726 bits per heavy atom. The Morgan fingerprint density at radius 2 is 1.27 bits per heavy atom. The Kier molecular flexibility index (Phi) is 35.0. The lowest BCUT2D eigenvalue weighted by molar-refractivity contribution is -0.161. The molecule has 7 N–H and O–H groups in total. The zero-order chi connectivity index (χ0) is 53.6. The number of ether oxygens (including phenoxy) is 3. The van der Waals surface area contributed by atoms with E-state index in [4.69, 9.17) is 29.0 Å². The number of hydrogen-bond acceptors (Lipinski definition) is 16. The summed E-state index contributed by atoms with van der Waals surface area (Å²) in [6.07, 6.45) is 38.4. The molecule has 1 aliphatic rings. The number of allylic oxidation sites excluding steroid dienone is 12. The van der Waals surface area contributed by atoms with Gasteiger partial charge in [-0.2, -0.15) is 9.29 Å². The highest BCUT2D eigenvalue weighted by molar-refractivity contribution is 7.61. The number of aromatic nitrogens is 2. The van der Waals surface area contributed by atoms with Gasteiger partial charge in [0.1, 0.15) is 30.7 Å². The number of aliphatic hydroxyl groups excluding tert-OH is 3. The van der Waals surface area contributed by atoms with Crippen LogP contribution < -0.4 is 11.4 Å². The molecule has 412 valence electrons. The summed E-state index contributed by atoms with van der Waals surface area (Å²) in [7, 11) is -10.9. The molecular formula is C52H83N3O16P2. The Labute approximate surface area is 431 Å². The van der Waals surface area contributed by atoms with Crippen molar-refractivity contribution in [2.45, 2.75) is 185 Å². The number of unbranched alkanes of at least 4 members (excludes halogenated alkanes) is 11. The largest absolute Gasteiger partial charge is 0.481 e. The van der Waals surface area contributed by atoms with E-state index >= 15 is 0 Å². The molecule has 1 saturated heterocycles. The molecular weight excluding hydrogens is 985 g/mol. The lowest BCUT2D eigenvalue weighted by Gasteiger charge is -2.21. The van der Waals surface area contributed by atoms with E-state index in [1.54, 1.807) is 24.3 Å². The Morgan fingerprint density at radius 3 is 1.93 bits per heavy atom. The fourth-order valence-corrected chi connectivity index (χ4v) is 9.10. The van der Waals surface area contributed by atoms with Crippen molar-refractivity contribution in [1.82, 2.24) is 9.55 Å². The highest BCUT2D eigenvalue weighted by Gasteiger charge is 2.46. The first-order chi connectivity index (χ1) is 35.1. The maximum atomic E-state index is 12.8. The van der Waals surface area contributed by atoms with Gasteiger partial charge in [-0.15, -0.1) is 0 Å². The number of anilines is 1. The van der Waals surface area contributed by atoms with Crippen LogP contribution in [0.3, 0.4) is 0 Å². The normalized spacial score (nSPS) is 20.1. The van der Waals surface area contributed by atoms with Crippen molar-refractivity contribution < 1.29 is 71.4 Å². The van der Waals surface area contributed by atoms with Crippen LogP contribution in [-0.4, -0.2) is 96.9 Å². The Bertz CT molecular complexity index is 2070. The molecule has 0 spiro atoms. The first-order valence-electron chi connectivity index (χ1n) is 25.7. The summed E-state index contributed by atoms with van der Waals surface area (Å²) in [6, 6.07) is 1.23. The first-order valence-corrected chi connectivity index (χ1v) is 28.7. The van der Waals surface area contributed by atoms with Gasteiger partial charge in [-0.1, -0.05) is 144 Å². The van der Waals surface area contributed by atoms with Gasteiger partial charge in [-0.25, -0.2) is 13.9 Å². The molecule has 8 atom stereocenters. The van der Waals surface area contributed by atoms with E-state index in [1.165, 1.54) is 63.9 Å². The maximum absolute atomic E-state index is 12.8. The molecule has 19 nitrogen and oxygen atoms in total. The molecule has 2 rings (SSSR count). The van der Waals surface area contributed by atoms with Crippen molar-refractivity contribution in [3.05, 3.63) is 108 Å². The molecule has 0 radical (unpaired) electrons. The zero-order valence-electron chi connectivity index (χ0n) is 42.8.